The summed E-state index contributed by atoms with van der Waals surface area (Å²) in [5, 5.41) is 0.538. The predicted molar refractivity (Wildman–Crippen MR) is 62.3 cm³/mol. The van der Waals surface area contributed by atoms with E-state index in [0.717, 1.165) is 0 Å². The van der Waals surface area contributed by atoms with Gasteiger partial charge in [0.1, 0.15) is 0 Å². The van der Waals surface area contributed by atoms with Crippen molar-refractivity contribution >= 4 is 42.9 Å². The van der Waals surface area contributed by atoms with Gasteiger partial charge in [-0.05, 0) is 6.08 Å². The summed E-state index contributed by atoms with van der Waals surface area (Å²) in [5.41, 5.74) is 0. The molecule has 0 unspecified atom stereocenters. The largest absolute Gasteiger partial charge is 0.260 e. The molecule has 0 radical (unpaired) electrons. The summed E-state index contributed by atoms with van der Waals surface area (Å²) in [5.74, 6) is 0.321. The zero-order valence-electron chi connectivity index (χ0n) is 7.21. The van der Waals surface area contributed by atoms with E-state index >= 15 is 0 Å². The number of halogens is 3. The van der Waals surface area contributed by atoms with E-state index in [4.69, 9.17) is 33.9 Å². The summed E-state index contributed by atoms with van der Waals surface area (Å²) in [6.07, 6.45) is 4.87. The molecule has 0 spiro atoms. The van der Waals surface area contributed by atoms with Crippen LogP contribution in [-0.2, 0) is 9.05 Å². The third-order valence-electron chi connectivity index (χ3n) is 1.23. The van der Waals surface area contributed by atoms with Crippen molar-refractivity contribution in [3.05, 3.63) is 34.7 Å². The van der Waals surface area contributed by atoms with Crippen molar-refractivity contribution in [2.75, 3.05) is 5.88 Å². The summed E-state index contributed by atoms with van der Waals surface area (Å²) >= 11 is 11.1. The molecule has 0 aromatic rings. The van der Waals surface area contributed by atoms with Crippen LogP contribution in [0.2, 0.25) is 0 Å². The Morgan fingerprint density at radius 3 is 2.43 bits per heavy atom. The fourth-order valence-corrected chi connectivity index (χ4v) is 1.40. The van der Waals surface area contributed by atoms with Crippen LogP contribution in [0.15, 0.2) is 34.7 Å². The highest BCUT2D eigenvalue weighted by Crippen LogP contribution is 2.13. The molecule has 0 fully saturated rings. The highest BCUT2D eigenvalue weighted by Gasteiger charge is 2.06. The lowest BCUT2D eigenvalue weighted by molar-refractivity contribution is 0.616. The summed E-state index contributed by atoms with van der Waals surface area (Å²) in [6.45, 7) is 3.27. The van der Waals surface area contributed by atoms with E-state index < -0.39 is 9.05 Å². The van der Waals surface area contributed by atoms with E-state index in [0.29, 0.717) is 17.3 Å². The molecular weight excluding hydrogens is 267 g/mol. The van der Waals surface area contributed by atoms with Gasteiger partial charge in [-0.3, -0.25) is 0 Å². The molecule has 0 saturated heterocycles. The van der Waals surface area contributed by atoms with Crippen molar-refractivity contribution in [2.45, 2.75) is 6.42 Å². The lowest BCUT2D eigenvalue weighted by atomic mass is 10.3. The van der Waals surface area contributed by atoms with Crippen LogP contribution in [-0.4, -0.2) is 14.3 Å². The van der Waals surface area contributed by atoms with Crippen molar-refractivity contribution in [3.8, 4) is 0 Å². The van der Waals surface area contributed by atoms with Crippen LogP contribution < -0.4 is 0 Å². The van der Waals surface area contributed by atoms with Crippen LogP contribution in [0.1, 0.15) is 6.42 Å². The quantitative estimate of drug-likeness (QED) is 0.438. The molecule has 0 heterocycles. The minimum atomic E-state index is -3.71. The molecule has 6 heteroatoms. The number of alkyl halides is 1. The van der Waals surface area contributed by atoms with Crippen LogP contribution in [0.3, 0.4) is 0 Å². The number of allylic oxidation sites excluding steroid dienone is 4. The smallest absolute Gasteiger partial charge is 0.207 e. The second kappa shape index (κ2) is 6.51. The topological polar surface area (TPSA) is 34.1 Å². The molecule has 0 aromatic heterocycles. The van der Waals surface area contributed by atoms with Crippen LogP contribution in [0, 0.1) is 0 Å². The summed E-state index contributed by atoms with van der Waals surface area (Å²) in [6, 6.07) is 0. The average molecular weight is 276 g/mol. The predicted octanol–water partition coefficient (Wildman–Crippen LogP) is 3.38. The minimum absolute atomic E-state index is 0.158. The van der Waals surface area contributed by atoms with Crippen molar-refractivity contribution in [1.29, 1.82) is 0 Å². The minimum Gasteiger partial charge on any atom is -0.207 e. The van der Waals surface area contributed by atoms with E-state index in [1.165, 1.54) is 6.08 Å². The van der Waals surface area contributed by atoms with Gasteiger partial charge in [-0.2, -0.15) is 0 Å². The Bertz CT molecular complexity index is 355. The molecule has 14 heavy (non-hydrogen) atoms. The zero-order chi connectivity index (χ0) is 11.2. The van der Waals surface area contributed by atoms with Gasteiger partial charge in [-0.1, -0.05) is 30.3 Å². The van der Waals surface area contributed by atoms with Gasteiger partial charge in [0.2, 0.25) is 0 Å². The first-order chi connectivity index (χ1) is 6.38. The molecular formula is C8H9Cl3O2S. The second-order valence-electron chi connectivity index (χ2n) is 2.32. The Balaban J connectivity index is 4.22. The standard InChI is InChI=1S/C8H9Cl3O2S/c1-7(14(11,12)13)3-2-4-8(10)5-6-9/h2-3,5H,1,4,6H2/b3-2-,8-5+. The Morgan fingerprint density at radius 2 is 2.00 bits per heavy atom. The second-order valence-corrected chi connectivity index (χ2v) is 5.73. The van der Waals surface area contributed by atoms with Crippen molar-refractivity contribution < 1.29 is 8.42 Å². The molecule has 0 aliphatic carbocycles. The van der Waals surface area contributed by atoms with E-state index in [1.807, 2.05) is 0 Å². The van der Waals surface area contributed by atoms with Gasteiger partial charge < -0.3 is 0 Å². The van der Waals surface area contributed by atoms with Crippen LogP contribution in [0.4, 0.5) is 0 Å². The Hall–Kier alpha value is 0.0400. The molecule has 0 amide bonds. The number of hydrogen-bond acceptors (Lipinski definition) is 2. The lowest BCUT2D eigenvalue weighted by Crippen LogP contribution is -1.88. The van der Waals surface area contributed by atoms with E-state index in [2.05, 4.69) is 6.58 Å². The fraction of sp³-hybridized carbons (Fsp3) is 0.250. The molecule has 0 aliphatic rings. The molecule has 2 nitrogen and oxygen atoms in total. The van der Waals surface area contributed by atoms with Crippen molar-refractivity contribution in [1.82, 2.24) is 0 Å². The molecule has 80 valence electrons. The SMILES string of the molecule is C=C(/C=C\C/C(Cl)=C\CCl)S(=O)(=O)Cl. The molecule has 0 bridgehead atoms. The summed E-state index contributed by atoms with van der Waals surface area (Å²) in [7, 11) is 1.30. The highest BCUT2D eigenvalue weighted by molar-refractivity contribution is 8.16. The van der Waals surface area contributed by atoms with Crippen molar-refractivity contribution in [3.63, 3.8) is 0 Å². The van der Waals surface area contributed by atoms with Gasteiger partial charge in [0.15, 0.2) is 0 Å². The summed E-state index contributed by atoms with van der Waals surface area (Å²) in [4.78, 5) is -0.158. The Labute approximate surface area is 98.3 Å². The highest BCUT2D eigenvalue weighted by atomic mass is 35.7. The molecule has 0 atom stereocenters. The van der Waals surface area contributed by atoms with Crippen LogP contribution >= 0.6 is 33.9 Å². The normalized spacial score (nSPS) is 13.5. The van der Waals surface area contributed by atoms with Crippen LogP contribution in [0.25, 0.3) is 0 Å². The van der Waals surface area contributed by atoms with Crippen molar-refractivity contribution in [2.24, 2.45) is 0 Å². The molecule has 0 aromatic carbocycles. The lowest BCUT2D eigenvalue weighted by Gasteiger charge is -1.93. The van der Waals surface area contributed by atoms with Gasteiger partial charge in [-0.25, -0.2) is 8.42 Å². The van der Waals surface area contributed by atoms with E-state index in [-0.39, 0.29) is 4.91 Å². The van der Waals surface area contributed by atoms with E-state index in [9.17, 15) is 8.42 Å². The van der Waals surface area contributed by atoms with Gasteiger partial charge >= 0.3 is 0 Å². The third kappa shape index (κ3) is 6.49. The fourth-order valence-electron chi connectivity index (χ4n) is 0.551. The van der Waals surface area contributed by atoms with Gasteiger partial charge in [0, 0.05) is 28.0 Å². The van der Waals surface area contributed by atoms with E-state index in [1.54, 1.807) is 12.2 Å². The molecule has 0 aliphatic heterocycles. The number of rotatable bonds is 5. The van der Waals surface area contributed by atoms with Crippen LogP contribution in [0.5, 0.6) is 0 Å². The zero-order valence-corrected chi connectivity index (χ0v) is 10.3. The first-order valence-electron chi connectivity index (χ1n) is 3.58. The number of hydrogen-bond donors (Lipinski definition) is 0. The molecule has 0 rings (SSSR count). The Morgan fingerprint density at radius 1 is 1.43 bits per heavy atom. The maximum atomic E-state index is 10.7. The van der Waals surface area contributed by atoms with Gasteiger partial charge in [-0.15, -0.1) is 11.6 Å². The first-order valence-corrected chi connectivity index (χ1v) is 6.80. The molecule has 0 saturated carbocycles. The Kier molecular flexibility index (Phi) is 6.53. The first kappa shape index (κ1) is 14.0. The maximum absolute atomic E-state index is 10.7. The van der Waals surface area contributed by atoms with Gasteiger partial charge in [0.05, 0.1) is 4.91 Å². The summed E-state index contributed by atoms with van der Waals surface area (Å²) < 4.78 is 21.4. The van der Waals surface area contributed by atoms with Gasteiger partial charge in [0.25, 0.3) is 9.05 Å². The average Bonchev–Trinajstić information content (AvgIpc) is 2.02. The third-order valence-corrected chi connectivity index (χ3v) is 3.05. The molecule has 0 N–H and O–H groups in total. The maximum Gasteiger partial charge on any atom is 0.260 e. The monoisotopic (exact) mass is 274 g/mol.